The van der Waals surface area contributed by atoms with Crippen LogP contribution in [0.1, 0.15) is 35.0 Å². The second kappa shape index (κ2) is 5.88. The van der Waals surface area contributed by atoms with Gasteiger partial charge in [0.05, 0.1) is 10.9 Å². The molecule has 2 aromatic carbocycles. The Balaban J connectivity index is 1.45. The molecular weight excluding hydrogens is 364 g/mol. The molecule has 0 aliphatic heterocycles. The fraction of sp³-hybridized carbons (Fsp3) is 0.158. The van der Waals surface area contributed by atoms with E-state index in [9.17, 15) is 9.59 Å². The van der Waals surface area contributed by atoms with E-state index in [0.29, 0.717) is 33.7 Å². The van der Waals surface area contributed by atoms with Gasteiger partial charge in [0.25, 0.3) is 11.5 Å². The van der Waals surface area contributed by atoms with Gasteiger partial charge in [0.15, 0.2) is 16.2 Å². The van der Waals surface area contributed by atoms with Gasteiger partial charge in [-0.3, -0.25) is 14.6 Å². The minimum Gasteiger partial charge on any atom is -0.440 e. The number of amides is 1. The van der Waals surface area contributed by atoms with E-state index in [-0.39, 0.29) is 16.2 Å². The van der Waals surface area contributed by atoms with Gasteiger partial charge >= 0.3 is 0 Å². The second-order valence-corrected chi connectivity index (χ2v) is 7.04. The highest BCUT2D eigenvalue weighted by molar-refractivity contribution is 7.71. The predicted molar refractivity (Wildman–Crippen MR) is 104 cm³/mol. The van der Waals surface area contributed by atoms with Crippen LogP contribution in [-0.4, -0.2) is 20.9 Å². The molecule has 1 aliphatic carbocycles. The highest BCUT2D eigenvalue weighted by atomic mass is 32.1. The number of rotatable bonds is 3. The molecule has 8 heteroatoms. The molecular formula is C19H14N4O3S. The number of anilines is 1. The van der Waals surface area contributed by atoms with Crippen molar-refractivity contribution < 1.29 is 9.21 Å². The zero-order valence-electron chi connectivity index (χ0n) is 14.0. The maximum absolute atomic E-state index is 12.6. The number of H-pyrrole nitrogens is 2. The average Bonchev–Trinajstić information content (AvgIpc) is 3.40. The summed E-state index contributed by atoms with van der Waals surface area (Å²) in [5, 5.41) is 3.29. The average molecular weight is 378 g/mol. The Morgan fingerprint density at radius 2 is 2.04 bits per heavy atom. The molecule has 0 saturated heterocycles. The van der Waals surface area contributed by atoms with Gasteiger partial charge in [-0.2, -0.15) is 0 Å². The zero-order chi connectivity index (χ0) is 18.5. The van der Waals surface area contributed by atoms with Crippen LogP contribution in [0.15, 0.2) is 45.6 Å². The molecule has 3 N–H and O–H groups in total. The standard InChI is InChI=1S/C19H14N4O3S/c24-16(10-3-5-12-13(7-10)22-19(27)23-17(12)25)20-11-4-6-15-14(8-11)21-18(26-15)9-1-2-9/h3-9H,1-2H2,(H,20,24)(H2,22,23,25,27). The number of aromatic nitrogens is 3. The molecule has 0 radical (unpaired) electrons. The van der Waals surface area contributed by atoms with Gasteiger partial charge < -0.3 is 14.7 Å². The monoisotopic (exact) mass is 378 g/mol. The zero-order valence-corrected chi connectivity index (χ0v) is 14.9. The lowest BCUT2D eigenvalue weighted by atomic mass is 10.1. The first kappa shape index (κ1) is 16.0. The summed E-state index contributed by atoms with van der Waals surface area (Å²) in [6, 6.07) is 10.2. The lowest BCUT2D eigenvalue weighted by Gasteiger charge is -2.06. The number of hydrogen-bond acceptors (Lipinski definition) is 5. The molecule has 27 heavy (non-hydrogen) atoms. The lowest BCUT2D eigenvalue weighted by Crippen LogP contribution is -2.13. The summed E-state index contributed by atoms with van der Waals surface area (Å²) < 4.78 is 5.95. The number of aromatic amines is 2. The third kappa shape index (κ3) is 2.93. The van der Waals surface area contributed by atoms with Crippen LogP contribution in [0, 0.1) is 4.77 Å². The molecule has 1 saturated carbocycles. The summed E-state index contributed by atoms with van der Waals surface area (Å²) in [7, 11) is 0. The summed E-state index contributed by atoms with van der Waals surface area (Å²) in [5.41, 5.74) is 2.71. The Kier molecular flexibility index (Phi) is 3.48. The van der Waals surface area contributed by atoms with Crippen molar-refractivity contribution in [3.05, 3.63) is 63.0 Å². The molecule has 0 unspecified atom stereocenters. The van der Waals surface area contributed by atoms with Crippen LogP contribution in [0.3, 0.4) is 0 Å². The first-order valence-corrected chi connectivity index (χ1v) is 8.96. The quantitative estimate of drug-likeness (QED) is 0.470. The Morgan fingerprint density at radius 1 is 1.19 bits per heavy atom. The third-order valence-corrected chi connectivity index (χ3v) is 4.79. The van der Waals surface area contributed by atoms with Gasteiger partial charge in [-0.1, -0.05) is 0 Å². The summed E-state index contributed by atoms with van der Waals surface area (Å²) in [6.07, 6.45) is 2.23. The fourth-order valence-corrected chi connectivity index (χ4v) is 3.24. The first-order valence-electron chi connectivity index (χ1n) is 8.55. The number of carbonyl (C=O) groups is 1. The van der Waals surface area contributed by atoms with Crippen LogP contribution in [-0.2, 0) is 0 Å². The van der Waals surface area contributed by atoms with Crippen molar-refractivity contribution >= 4 is 45.8 Å². The number of oxazole rings is 1. The van der Waals surface area contributed by atoms with E-state index in [1.54, 1.807) is 36.4 Å². The van der Waals surface area contributed by atoms with E-state index < -0.39 is 0 Å². The second-order valence-electron chi connectivity index (χ2n) is 6.63. The Labute approximate surface area is 157 Å². The molecule has 5 rings (SSSR count). The number of nitrogens with one attached hydrogen (secondary N) is 3. The summed E-state index contributed by atoms with van der Waals surface area (Å²) in [6.45, 7) is 0. The van der Waals surface area contributed by atoms with Crippen LogP contribution < -0.4 is 10.9 Å². The van der Waals surface area contributed by atoms with Gasteiger partial charge in [0, 0.05) is 17.2 Å². The van der Waals surface area contributed by atoms with E-state index in [1.807, 2.05) is 0 Å². The van der Waals surface area contributed by atoms with Crippen LogP contribution >= 0.6 is 12.2 Å². The topological polar surface area (TPSA) is 104 Å². The summed E-state index contributed by atoms with van der Waals surface area (Å²) in [5.74, 6) is 0.909. The van der Waals surface area contributed by atoms with E-state index in [2.05, 4.69) is 20.3 Å². The van der Waals surface area contributed by atoms with Crippen molar-refractivity contribution in [2.45, 2.75) is 18.8 Å². The van der Waals surface area contributed by atoms with Gasteiger partial charge in [-0.25, -0.2) is 4.98 Å². The predicted octanol–water partition coefficient (Wildman–Crippen LogP) is 3.86. The Bertz CT molecular complexity index is 1330. The van der Waals surface area contributed by atoms with Gasteiger partial charge in [0.2, 0.25) is 0 Å². The van der Waals surface area contributed by atoms with Gasteiger partial charge in [-0.15, -0.1) is 0 Å². The number of carbonyl (C=O) groups excluding carboxylic acids is 1. The van der Waals surface area contributed by atoms with Crippen LogP contribution in [0.5, 0.6) is 0 Å². The van der Waals surface area contributed by atoms with Crippen LogP contribution in [0.4, 0.5) is 5.69 Å². The SMILES string of the molecule is O=C(Nc1ccc2oc(C3CC3)nc2c1)c1ccc2c(=O)[nH]c(=S)[nH]c2c1. The molecule has 1 amide bonds. The molecule has 7 nitrogen and oxygen atoms in total. The number of benzene rings is 2. The van der Waals surface area contributed by atoms with Crippen molar-refractivity contribution in [3.8, 4) is 0 Å². The van der Waals surface area contributed by atoms with E-state index in [4.69, 9.17) is 16.6 Å². The normalized spacial score (nSPS) is 13.9. The largest absolute Gasteiger partial charge is 0.440 e. The summed E-state index contributed by atoms with van der Waals surface area (Å²) in [4.78, 5) is 34.4. The number of nitrogens with zero attached hydrogens (tertiary/aromatic N) is 1. The third-order valence-electron chi connectivity index (χ3n) is 4.59. The fourth-order valence-electron chi connectivity index (χ4n) is 3.04. The maximum Gasteiger partial charge on any atom is 0.259 e. The lowest BCUT2D eigenvalue weighted by molar-refractivity contribution is 0.102. The molecule has 2 aromatic heterocycles. The highest BCUT2D eigenvalue weighted by Gasteiger charge is 2.28. The molecule has 134 valence electrons. The van der Waals surface area contributed by atoms with Crippen molar-refractivity contribution in [3.63, 3.8) is 0 Å². The van der Waals surface area contributed by atoms with Crippen LogP contribution in [0.2, 0.25) is 0 Å². The van der Waals surface area contributed by atoms with Gasteiger partial charge in [0.1, 0.15) is 5.52 Å². The smallest absolute Gasteiger partial charge is 0.259 e. The van der Waals surface area contributed by atoms with Crippen molar-refractivity contribution in [1.82, 2.24) is 15.0 Å². The van der Waals surface area contributed by atoms with Crippen LogP contribution in [0.25, 0.3) is 22.0 Å². The molecule has 4 aromatic rings. The molecule has 0 spiro atoms. The number of hydrogen-bond donors (Lipinski definition) is 3. The Morgan fingerprint density at radius 3 is 2.85 bits per heavy atom. The van der Waals surface area contributed by atoms with Gasteiger partial charge in [-0.05, 0) is 61.5 Å². The molecule has 2 heterocycles. The Hall–Kier alpha value is -3.26. The minimum absolute atomic E-state index is 0.216. The van der Waals surface area contributed by atoms with Crippen molar-refractivity contribution in [1.29, 1.82) is 0 Å². The maximum atomic E-state index is 12.6. The number of fused-ring (bicyclic) bond motifs is 2. The molecule has 0 bridgehead atoms. The van der Waals surface area contributed by atoms with E-state index in [1.165, 1.54) is 0 Å². The minimum atomic E-state index is -0.290. The van der Waals surface area contributed by atoms with E-state index >= 15 is 0 Å². The first-order chi connectivity index (χ1) is 13.1. The highest BCUT2D eigenvalue weighted by Crippen LogP contribution is 2.40. The van der Waals surface area contributed by atoms with Crippen molar-refractivity contribution in [2.75, 3.05) is 5.32 Å². The molecule has 0 atom stereocenters. The summed E-state index contributed by atoms with van der Waals surface area (Å²) >= 11 is 4.98. The molecule has 1 aliphatic rings. The van der Waals surface area contributed by atoms with E-state index in [0.717, 1.165) is 24.2 Å². The molecule has 1 fully saturated rings. The van der Waals surface area contributed by atoms with Crippen molar-refractivity contribution in [2.24, 2.45) is 0 Å².